The lowest BCUT2D eigenvalue weighted by Crippen LogP contribution is -2.30. The Kier molecular flexibility index (Phi) is 6.21. The molecular formula is C32H29NO2S2. The zero-order valence-corrected chi connectivity index (χ0v) is 23.0. The Morgan fingerprint density at radius 1 is 0.649 bits per heavy atom. The van der Waals surface area contributed by atoms with Crippen LogP contribution in [-0.2, 0) is 0 Å². The van der Waals surface area contributed by atoms with Gasteiger partial charge in [0.2, 0.25) is 0 Å². The number of nitrogens with zero attached hydrogens (tertiary/aromatic N) is 1. The minimum absolute atomic E-state index is 0.159. The summed E-state index contributed by atoms with van der Waals surface area (Å²) in [6, 6.07) is 20.9. The molecule has 0 spiro atoms. The molecule has 2 amide bonds. The number of hydrogen-bond acceptors (Lipinski definition) is 4. The maximum Gasteiger partial charge on any atom is 0.261 e. The molecule has 3 nitrogen and oxygen atoms in total. The number of rotatable bonds is 7. The van der Waals surface area contributed by atoms with Crippen molar-refractivity contribution in [2.45, 2.75) is 46.5 Å². The number of imide groups is 1. The van der Waals surface area contributed by atoms with E-state index in [0.29, 0.717) is 17.7 Å². The summed E-state index contributed by atoms with van der Waals surface area (Å²) in [5.74, 6) is -0.318. The molecule has 0 unspecified atom stereocenters. The molecule has 2 aromatic heterocycles. The van der Waals surface area contributed by atoms with E-state index in [1.165, 1.54) is 34.8 Å². The molecule has 0 fully saturated rings. The van der Waals surface area contributed by atoms with Crippen molar-refractivity contribution >= 4 is 54.7 Å². The van der Waals surface area contributed by atoms with E-state index in [-0.39, 0.29) is 11.8 Å². The van der Waals surface area contributed by atoms with Crippen LogP contribution in [0.25, 0.3) is 42.4 Å². The number of aryl methyl sites for hydroxylation is 2. The van der Waals surface area contributed by atoms with Crippen molar-refractivity contribution < 1.29 is 9.59 Å². The third kappa shape index (κ3) is 3.92. The first-order valence-corrected chi connectivity index (χ1v) is 14.6. The van der Waals surface area contributed by atoms with Crippen LogP contribution < -0.4 is 0 Å². The minimum atomic E-state index is -0.159. The smallest absolute Gasteiger partial charge is 0.261 e. The highest BCUT2D eigenvalue weighted by molar-refractivity contribution is 7.20. The van der Waals surface area contributed by atoms with Crippen LogP contribution in [0.1, 0.15) is 63.1 Å². The highest BCUT2D eigenvalue weighted by atomic mass is 32.1. The van der Waals surface area contributed by atoms with Crippen LogP contribution in [0, 0.1) is 13.8 Å². The third-order valence-electron chi connectivity index (χ3n) is 7.43. The van der Waals surface area contributed by atoms with Crippen molar-refractivity contribution in [2.24, 2.45) is 0 Å². The molecule has 0 N–H and O–H groups in total. The summed E-state index contributed by atoms with van der Waals surface area (Å²) in [6.07, 6.45) is 4.12. The molecule has 6 rings (SSSR count). The largest absolute Gasteiger partial charge is 0.274 e. The van der Waals surface area contributed by atoms with Crippen molar-refractivity contribution in [3.8, 4) is 22.3 Å². The molecule has 3 aromatic carbocycles. The molecule has 0 bridgehead atoms. The number of carbonyl (C=O) groups is 2. The fraction of sp³-hybridized carbons (Fsp3) is 0.250. The Morgan fingerprint density at radius 2 is 1.14 bits per heavy atom. The maximum absolute atomic E-state index is 13.5. The van der Waals surface area contributed by atoms with Crippen LogP contribution in [0.15, 0.2) is 60.7 Å². The van der Waals surface area contributed by atoms with Crippen LogP contribution in [0.4, 0.5) is 0 Å². The van der Waals surface area contributed by atoms with Crippen molar-refractivity contribution in [2.75, 3.05) is 6.54 Å². The average molecular weight is 524 g/mol. The number of thiophene rings is 2. The predicted molar refractivity (Wildman–Crippen MR) is 157 cm³/mol. The molecule has 1 aliphatic heterocycles. The van der Waals surface area contributed by atoms with Gasteiger partial charge in [-0.15, -0.1) is 22.7 Å². The first kappa shape index (κ1) is 24.1. The zero-order chi connectivity index (χ0) is 25.7. The third-order valence-corrected chi connectivity index (χ3v) is 9.60. The minimum Gasteiger partial charge on any atom is -0.274 e. The summed E-state index contributed by atoms with van der Waals surface area (Å²) in [5.41, 5.74) is 5.46. The monoisotopic (exact) mass is 523 g/mol. The predicted octanol–water partition coefficient (Wildman–Crippen LogP) is 9.24. The number of hydrogen-bond donors (Lipinski definition) is 0. The van der Waals surface area contributed by atoms with Crippen molar-refractivity contribution in [1.82, 2.24) is 4.90 Å². The van der Waals surface area contributed by atoms with Crippen LogP contribution in [0.3, 0.4) is 0 Å². The first-order valence-electron chi connectivity index (χ1n) is 13.0. The van der Waals surface area contributed by atoms with E-state index in [9.17, 15) is 9.59 Å². The Morgan fingerprint density at radius 3 is 1.62 bits per heavy atom. The average Bonchev–Trinajstić information content (AvgIpc) is 3.49. The lowest BCUT2D eigenvalue weighted by molar-refractivity contribution is 0.0651. The number of carbonyl (C=O) groups excluding carboxylic acids is 2. The number of benzene rings is 3. The topological polar surface area (TPSA) is 37.4 Å². The van der Waals surface area contributed by atoms with Gasteiger partial charge in [-0.2, -0.15) is 0 Å². The highest BCUT2D eigenvalue weighted by Crippen LogP contribution is 2.48. The van der Waals surface area contributed by atoms with E-state index in [1.807, 2.05) is 12.1 Å². The standard InChI is InChI=1S/C32H29NO2S2/c1-4-5-6-11-16-33-31(34)25-17-23(29-19(2)36-27-14-9-7-12-21(27)29)24(18-26(25)32(33)35)30-20(3)37-28-15-10-8-13-22(28)30/h7-10,12-15,17-18H,4-6,11,16H2,1-3H3. The van der Waals surface area contributed by atoms with Crippen LogP contribution in [-0.4, -0.2) is 23.3 Å². The number of fused-ring (bicyclic) bond motifs is 3. The van der Waals surface area contributed by atoms with E-state index in [2.05, 4.69) is 69.3 Å². The van der Waals surface area contributed by atoms with E-state index >= 15 is 0 Å². The second-order valence-corrected chi connectivity index (χ2v) is 12.3. The van der Waals surface area contributed by atoms with Crippen LogP contribution >= 0.6 is 22.7 Å². The fourth-order valence-corrected chi connectivity index (χ4v) is 7.81. The van der Waals surface area contributed by atoms with Crippen molar-refractivity contribution in [1.29, 1.82) is 0 Å². The summed E-state index contributed by atoms with van der Waals surface area (Å²) in [7, 11) is 0. The Bertz CT molecular complexity index is 1570. The molecule has 0 atom stereocenters. The molecule has 5 aromatic rings. The molecule has 3 heterocycles. The Balaban J connectivity index is 1.59. The Labute approximate surface area is 225 Å². The lowest BCUT2D eigenvalue weighted by Gasteiger charge is -2.13. The summed E-state index contributed by atoms with van der Waals surface area (Å²) in [4.78, 5) is 31.0. The van der Waals surface area contributed by atoms with Crippen molar-refractivity contribution in [3.05, 3.63) is 81.5 Å². The quantitative estimate of drug-likeness (QED) is 0.157. The summed E-state index contributed by atoms with van der Waals surface area (Å²) < 4.78 is 2.46. The highest BCUT2D eigenvalue weighted by Gasteiger charge is 2.37. The molecule has 0 saturated carbocycles. The zero-order valence-electron chi connectivity index (χ0n) is 21.4. The second-order valence-electron chi connectivity index (χ2n) is 9.82. The van der Waals surface area contributed by atoms with Gasteiger partial charge in [0.05, 0.1) is 11.1 Å². The van der Waals surface area contributed by atoms with Gasteiger partial charge in [0.1, 0.15) is 0 Å². The van der Waals surface area contributed by atoms with E-state index < -0.39 is 0 Å². The molecule has 0 aliphatic carbocycles. The summed E-state index contributed by atoms with van der Waals surface area (Å²) in [5, 5.41) is 2.38. The summed E-state index contributed by atoms with van der Waals surface area (Å²) in [6.45, 7) is 6.96. The molecule has 1 aliphatic rings. The lowest BCUT2D eigenvalue weighted by atomic mass is 9.88. The van der Waals surface area contributed by atoms with E-state index in [1.54, 1.807) is 22.7 Å². The van der Waals surface area contributed by atoms with Gasteiger partial charge in [-0.25, -0.2) is 0 Å². The Hall–Kier alpha value is -3.28. The molecule has 37 heavy (non-hydrogen) atoms. The maximum atomic E-state index is 13.5. The van der Waals surface area contributed by atoms with Crippen molar-refractivity contribution in [3.63, 3.8) is 0 Å². The molecule has 186 valence electrons. The van der Waals surface area contributed by atoms with Crippen LogP contribution in [0.2, 0.25) is 0 Å². The first-order chi connectivity index (χ1) is 18.0. The van der Waals surface area contributed by atoms with Gasteiger partial charge in [0, 0.05) is 47.6 Å². The summed E-state index contributed by atoms with van der Waals surface area (Å²) >= 11 is 3.56. The van der Waals surface area contributed by atoms with Gasteiger partial charge in [-0.3, -0.25) is 14.5 Å². The molecule has 5 heteroatoms. The SMILES string of the molecule is CCCCCCN1C(=O)c2cc(-c3c(C)sc4ccccc34)c(-c3c(C)sc4ccccc34)cc2C1=O. The van der Waals surface area contributed by atoms with Crippen LogP contribution in [0.5, 0.6) is 0 Å². The number of unbranched alkanes of at least 4 members (excludes halogenated alkanes) is 3. The van der Waals surface area contributed by atoms with Gasteiger partial charge >= 0.3 is 0 Å². The van der Waals surface area contributed by atoms with E-state index in [0.717, 1.165) is 47.9 Å². The molecule has 0 radical (unpaired) electrons. The molecular weight excluding hydrogens is 494 g/mol. The van der Waals surface area contributed by atoms with Gasteiger partial charge < -0.3 is 0 Å². The number of amides is 2. The van der Waals surface area contributed by atoms with Gasteiger partial charge in [-0.1, -0.05) is 62.6 Å². The fourth-order valence-electron chi connectivity index (χ4n) is 5.66. The molecule has 0 saturated heterocycles. The van der Waals surface area contributed by atoms with Gasteiger partial charge in [0.25, 0.3) is 11.8 Å². The van der Waals surface area contributed by atoms with Gasteiger partial charge in [0.15, 0.2) is 0 Å². The second kappa shape index (κ2) is 9.55. The van der Waals surface area contributed by atoms with Gasteiger partial charge in [-0.05, 0) is 55.7 Å². The normalized spacial score (nSPS) is 13.3. The van der Waals surface area contributed by atoms with E-state index in [4.69, 9.17) is 0 Å².